The van der Waals surface area contributed by atoms with Crippen LogP contribution < -0.4 is 0 Å². The van der Waals surface area contributed by atoms with E-state index in [9.17, 15) is 13.7 Å². The number of hydrogen-bond donors (Lipinski definition) is 0. The Kier molecular flexibility index (Phi) is 11.5. The molecule has 0 aliphatic carbocycles. The summed E-state index contributed by atoms with van der Waals surface area (Å²) in [5.41, 5.74) is 0. The van der Waals surface area contributed by atoms with Gasteiger partial charge in [0, 0.05) is 0 Å². The van der Waals surface area contributed by atoms with E-state index in [1.54, 1.807) is 0 Å². The van der Waals surface area contributed by atoms with E-state index < -0.39 is 147 Å². The second-order valence-corrected chi connectivity index (χ2v) is 30.6. The molecule has 0 bridgehead atoms. The summed E-state index contributed by atoms with van der Waals surface area (Å²) < 4.78 is 74.9. The molecule has 10 radical (unpaired) electrons. The van der Waals surface area contributed by atoms with E-state index in [-0.39, 0.29) is 0 Å². The molecule has 0 saturated carbocycles. The fourth-order valence-corrected chi connectivity index (χ4v) is 40.6. The molecule has 3 rings (SSSR count). The quantitative estimate of drug-likeness (QED) is 0.270. The molecule has 3 saturated heterocycles. The van der Waals surface area contributed by atoms with Crippen molar-refractivity contribution in [2.24, 2.45) is 0 Å². The third-order valence-corrected chi connectivity index (χ3v) is 37.1. The van der Waals surface area contributed by atoms with Gasteiger partial charge in [0.15, 0.2) is 0 Å². The van der Waals surface area contributed by atoms with Crippen LogP contribution in [-0.2, 0) is 36.0 Å². The SMILES string of the molecule is O=P1([O][Pb][Cl])[O][Pb][O]1.O=P1([O][Pb][O]P2(=O)[O][Pb][O]2)[O][Pb][O]1. The molecule has 3 aliphatic heterocycles. The third-order valence-electron chi connectivity index (χ3n) is 1.34. The van der Waals surface area contributed by atoms with E-state index in [2.05, 4.69) is 7.42 Å². The van der Waals surface area contributed by atoms with Crippen molar-refractivity contribution in [3.05, 3.63) is 0 Å². The second-order valence-electron chi connectivity index (χ2n) is 2.57. The molecule has 0 aromatic heterocycles. The van der Waals surface area contributed by atoms with Gasteiger partial charge in [-0.2, -0.15) is 0 Å². The standard InChI is InChI=1S/ClH.3H3O4P.5Pb/c;3*1-5(2,3)4;;;;;/h1H;3*(H3,1,2,3,4);;;;;/q;;;;5*+2/p-10. The molecule has 0 spiro atoms. The molecule has 12 nitrogen and oxygen atoms in total. The maximum absolute atomic E-state index is 11.1. The van der Waals surface area contributed by atoms with Crippen LogP contribution in [0.3, 0.4) is 0 Å². The first kappa shape index (κ1) is 22.5. The zero-order valence-corrected chi connectivity index (χ0v) is 32.0. The minimum absolute atomic E-state index is 1.34. The Morgan fingerprint density at radius 2 is 1.05 bits per heavy atom. The van der Waals surface area contributed by atoms with Gasteiger partial charge in [-0.05, 0) is 0 Å². The Morgan fingerprint density at radius 3 is 1.24 bits per heavy atom. The molecular formula is ClO12P3Pb5. The van der Waals surface area contributed by atoms with Crippen molar-refractivity contribution in [3.8, 4) is 0 Å². The van der Waals surface area contributed by atoms with Gasteiger partial charge >= 0.3 is 192 Å². The molecular weight excluding hydrogens is 1360 g/mol. The van der Waals surface area contributed by atoms with Crippen molar-refractivity contribution >= 4 is 156 Å². The van der Waals surface area contributed by atoms with E-state index in [1.165, 1.54) is 0 Å². The van der Waals surface area contributed by atoms with Crippen LogP contribution in [0.2, 0.25) is 0 Å². The zero-order valence-electron chi connectivity index (χ0n) is 9.12. The summed E-state index contributed by atoms with van der Waals surface area (Å²) in [5.74, 6) is 0. The van der Waals surface area contributed by atoms with Crippen molar-refractivity contribution in [2.45, 2.75) is 0 Å². The number of hydrogen-bond acceptors (Lipinski definition) is 12. The molecule has 0 N–H and O–H groups in total. The summed E-state index contributed by atoms with van der Waals surface area (Å²) in [5, 5.41) is 0. The van der Waals surface area contributed by atoms with Crippen LogP contribution in [0.25, 0.3) is 0 Å². The first-order chi connectivity index (χ1) is 9.89. The van der Waals surface area contributed by atoms with Crippen molar-refractivity contribution in [1.82, 2.24) is 0 Å². The van der Waals surface area contributed by atoms with Crippen LogP contribution in [0.15, 0.2) is 0 Å². The topological polar surface area (TPSA) is 134 Å². The molecule has 0 amide bonds. The van der Waals surface area contributed by atoms with E-state index in [1.807, 2.05) is 0 Å². The van der Waals surface area contributed by atoms with E-state index in [0.29, 0.717) is 0 Å². The molecule has 3 heterocycles. The second kappa shape index (κ2) is 10.7. The summed E-state index contributed by atoms with van der Waals surface area (Å²) in [6.45, 7) is 0. The average Bonchev–Trinajstić information content (AvgIpc) is 2.34. The van der Waals surface area contributed by atoms with Gasteiger partial charge in [-0.1, -0.05) is 0 Å². The fourth-order valence-electron chi connectivity index (χ4n) is 0.556. The molecule has 21 heavy (non-hydrogen) atoms. The fraction of sp³-hybridized carbons (Fsp3) is 0. The summed E-state index contributed by atoms with van der Waals surface area (Å²) in [6, 6.07) is 0. The van der Waals surface area contributed by atoms with Crippen molar-refractivity contribution in [3.63, 3.8) is 0 Å². The Morgan fingerprint density at radius 1 is 0.714 bits per heavy atom. The average molecular weight is 1360 g/mol. The molecule has 0 atom stereocenters. The Balaban J connectivity index is 0.000000173. The summed E-state index contributed by atoms with van der Waals surface area (Å²) >= 11 is -8.08. The molecule has 3 fully saturated rings. The Hall–Kier alpha value is 5.23. The molecule has 3 aliphatic rings. The maximum atomic E-state index is 11.1. The first-order valence-corrected chi connectivity index (χ1v) is 27.7. The van der Waals surface area contributed by atoms with Crippen molar-refractivity contribution in [2.75, 3.05) is 0 Å². The predicted molar refractivity (Wildman–Crippen MR) is 67.2 cm³/mol. The van der Waals surface area contributed by atoms with Gasteiger partial charge in [-0.3, -0.25) is 0 Å². The molecule has 21 heteroatoms. The molecule has 0 unspecified atom stereocenters. The van der Waals surface area contributed by atoms with Crippen LogP contribution in [0.1, 0.15) is 0 Å². The number of rotatable bonds is 6. The Bertz CT molecular complexity index is 443. The predicted octanol–water partition coefficient (Wildman–Crippen LogP) is 0.397. The van der Waals surface area contributed by atoms with E-state index in [4.69, 9.17) is 23.2 Å². The molecule has 0 aromatic carbocycles. The summed E-state index contributed by atoms with van der Waals surface area (Å²) in [4.78, 5) is 0. The number of halogens is 1. The Labute approximate surface area is 187 Å². The van der Waals surface area contributed by atoms with Crippen molar-refractivity contribution < 1.29 is 36.0 Å². The molecule has 0 aromatic rings. The third kappa shape index (κ3) is 8.01. The molecule has 114 valence electrons. The first-order valence-electron chi connectivity index (χ1n) is 4.22. The zero-order chi connectivity index (χ0) is 15.4. The van der Waals surface area contributed by atoms with Crippen LogP contribution >= 0.6 is 31.8 Å². The number of phosphoric acid groups is 3. The summed E-state index contributed by atoms with van der Waals surface area (Å²) in [7, 11) is -4.16. The van der Waals surface area contributed by atoms with Gasteiger partial charge in [-0.25, -0.2) is 0 Å². The van der Waals surface area contributed by atoms with Gasteiger partial charge in [0.2, 0.25) is 0 Å². The van der Waals surface area contributed by atoms with Crippen LogP contribution in [0, 0.1) is 0 Å². The summed E-state index contributed by atoms with van der Waals surface area (Å²) in [6.07, 6.45) is 0. The van der Waals surface area contributed by atoms with Crippen LogP contribution in [-0.4, -0.2) is 124 Å². The van der Waals surface area contributed by atoms with Crippen LogP contribution in [0.5, 0.6) is 0 Å². The van der Waals surface area contributed by atoms with Crippen LogP contribution in [0.4, 0.5) is 0 Å². The van der Waals surface area contributed by atoms with E-state index in [0.717, 1.165) is 0 Å². The van der Waals surface area contributed by atoms with Gasteiger partial charge in [0.1, 0.15) is 0 Å². The van der Waals surface area contributed by atoms with Gasteiger partial charge in [0.05, 0.1) is 0 Å². The van der Waals surface area contributed by atoms with Gasteiger partial charge in [0.25, 0.3) is 0 Å². The van der Waals surface area contributed by atoms with Gasteiger partial charge < -0.3 is 0 Å². The van der Waals surface area contributed by atoms with E-state index >= 15 is 0 Å². The minimum atomic E-state index is -3.23. The van der Waals surface area contributed by atoms with Gasteiger partial charge in [-0.15, -0.1) is 0 Å². The normalized spacial score (nSPS) is 27.3. The monoisotopic (exact) mass is 1360 g/mol. The van der Waals surface area contributed by atoms with Crippen molar-refractivity contribution in [1.29, 1.82) is 0 Å².